The second kappa shape index (κ2) is 20.9. The highest BCUT2D eigenvalue weighted by Crippen LogP contribution is 2.47. The minimum absolute atomic E-state index is 0.155. The van der Waals surface area contributed by atoms with Crippen molar-refractivity contribution in [1.29, 1.82) is 0 Å². The van der Waals surface area contributed by atoms with Crippen LogP contribution in [0.3, 0.4) is 0 Å². The van der Waals surface area contributed by atoms with E-state index in [1.807, 2.05) is 82.3 Å². The Morgan fingerprint density at radius 2 is 1.07 bits per heavy atom. The van der Waals surface area contributed by atoms with Gasteiger partial charge in [0.2, 0.25) is 11.9 Å². The fraction of sp³-hybridized carbons (Fsp3) is 0.225. The lowest BCUT2D eigenvalue weighted by Gasteiger charge is -2.22. The molecule has 354 valence electrons. The van der Waals surface area contributed by atoms with Crippen LogP contribution in [0, 0.1) is 0 Å². The first-order valence-corrected chi connectivity index (χ1v) is 28.1. The maximum atomic E-state index is 12.0. The zero-order valence-electron chi connectivity index (χ0n) is 35.9. The number of azo groups is 2. The number of nitrogens with zero attached hydrogens (tertiary/aromatic N) is 11. The van der Waals surface area contributed by atoms with Crippen LogP contribution < -0.4 is 20.4 Å². The number of fused-ring (bicyclic) bond motifs is 2. The van der Waals surface area contributed by atoms with Gasteiger partial charge in [0.25, 0.3) is 0 Å². The van der Waals surface area contributed by atoms with Gasteiger partial charge in [-0.2, -0.15) is 40.5 Å². The third kappa shape index (κ3) is 10.9. The number of hydrogen-bond donors (Lipinski definition) is 4. The van der Waals surface area contributed by atoms with Crippen LogP contribution in [-0.4, -0.2) is 75.8 Å². The average Bonchev–Trinajstić information content (AvgIpc) is 4.08. The molecule has 5 heterocycles. The van der Waals surface area contributed by atoms with Crippen LogP contribution >= 0.6 is 80.7 Å². The summed E-state index contributed by atoms with van der Waals surface area (Å²) >= 11 is 17.7. The predicted molar refractivity (Wildman–Crippen MR) is 275 cm³/mol. The molecule has 0 bridgehead atoms. The van der Waals surface area contributed by atoms with E-state index in [1.54, 1.807) is 12.1 Å². The van der Waals surface area contributed by atoms with Crippen molar-refractivity contribution in [2.45, 2.75) is 47.0 Å². The van der Waals surface area contributed by atoms with Crippen LogP contribution in [0.1, 0.15) is 33.3 Å². The van der Waals surface area contributed by atoms with Gasteiger partial charge >= 0.3 is 20.2 Å². The fourth-order valence-corrected chi connectivity index (χ4v) is 14.1. The van der Waals surface area contributed by atoms with Crippen molar-refractivity contribution in [3.63, 3.8) is 0 Å². The number of halogens is 2. The maximum absolute atomic E-state index is 12.0. The van der Waals surface area contributed by atoms with Gasteiger partial charge in [0.1, 0.15) is 21.0 Å². The Balaban J connectivity index is 1.20. The van der Waals surface area contributed by atoms with Crippen molar-refractivity contribution >= 4 is 177 Å². The van der Waals surface area contributed by atoms with E-state index in [1.165, 1.54) is 11.8 Å². The summed E-state index contributed by atoms with van der Waals surface area (Å²) < 4.78 is 75.1. The highest BCUT2D eigenvalue weighted by Gasteiger charge is 2.27. The number of aromatic nitrogens is 5. The van der Waals surface area contributed by atoms with Gasteiger partial charge in [0.05, 0.1) is 32.2 Å². The van der Waals surface area contributed by atoms with Gasteiger partial charge in [-0.05, 0) is 92.7 Å². The molecule has 0 aliphatic carbocycles. The zero-order chi connectivity index (χ0) is 48.3. The number of thioether (sulfide) groups is 1. The molecule has 28 heteroatoms. The number of anilines is 6. The highest BCUT2D eigenvalue weighted by atomic mass is 35.5. The molecule has 3 aromatic carbocycles. The molecule has 19 nitrogen and oxygen atoms in total. The van der Waals surface area contributed by atoms with Crippen LogP contribution in [0.25, 0.3) is 20.4 Å². The molecule has 0 unspecified atom stereocenters. The van der Waals surface area contributed by atoms with Crippen molar-refractivity contribution in [3.8, 4) is 0 Å². The van der Waals surface area contributed by atoms with Crippen LogP contribution in [0.2, 0.25) is 10.0 Å². The van der Waals surface area contributed by atoms with E-state index in [0.29, 0.717) is 59.8 Å². The van der Waals surface area contributed by atoms with E-state index in [0.717, 1.165) is 62.7 Å². The summed E-state index contributed by atoms with van der Waals surface area (Å²) in [4.78, 5) is 19.4. The summed E-state index contributed by atoms with van der Waals surface area (Å²) in [5, 5.41) is 25.7. The molecular weight excluding hydrogens is 1050 g/mol. The molecule has 4 N–H and O–H groups in total. The van der Waals surface area contributed by atoms with Gasteiger partial charge in [0.15, 0.2) is 23.6 Å². The van der Waals surface area contributed by atoms with Crippen molar-refractivity contribution in [2.75, 3.05) is 46.6 Å². The SMILES string of the molecule is CCN(CC)c1ccc(N=Nc2snc3sc(S(=O)(=O)O)c(Cl)c23)c(Nc2nc(Nc3cc(N(CC)CC)ccc3N=Nc3snc4sc(S(=O)(=O)O)c(Cl)c34)nc(SCc3ccccc3)n2)c1. The van der Waals surface area contributed by atoms with Crippen molar-refractivity contribution in [2.24, 2.45) is 20.5 Å². The first-order chi connectivity index (χ1) is 32.6. The van der Waals surface area contributed by atoms with Gasteiger partial charge in [0, 0.05) is 43.3 Å². The summed E-state index contributed by atoms with van der Waals surface area (Å²) in [7, 11) is -9.19. The Bertz CT molecular complexity index is 3230. The van der Waals surface area contributed by atoms with Crippen LogP contribution in [0.15, 0.2) is 101 Å². The lowest BCUT2D eigenvalue weighted by atomic mass is 10.2. The molecule has 0 saturated carbocycles. The van der Waals surface area contributed by atoms with E-state index in [9.17, 15) is 25.9 Å². The number of benzene rings is 3. The van der Waals surface area contributed by atoms with Crippen molar-refractivity contribution in [3.05, 3.63) is 82.3 Å². The van der Waals surface area contributed by atoms with Gasteiger partial charge in [-0.25, -0.2) is 0 Å². The lowest BCUT2D eigenvalue weighted by Crippen LogP contribution is -2.21. The summed E-state index contributed by atoms with van der Waals surface area (Å²) in [6.45, 7) is 11.0. The first-order valence-electron chi connectivity index (χ1n) is 20.3. The molecule has 0 radical (unpaired) electrons. The minimum atomic E-state index is -4.59. The Hall–Kier alpha value is -5.00. The molecule has 0 aliphatic heterocycles. The van der Waals surface area contributed by atoms with Gasteiger partial charge in [-0.1, -0.05) is 88.0 Å². The van der Waals surface area contributed by atoms with Crippen LogP contribution in [0.4, 0.5) is 56.0 Å². The Kier molecular flexibility index (Phi) is 15.2. The molecule has 0 spiro atoms. The molecule has 0 aliphatic rings. The van der Waals surface area contributed by atoms with E-state index in [4.69, 9.17) is 38.2 Å². The van der Waals surface area contributed by atoms with Gasteiger partial charge in [-0.3, -0.25) is 9.11 Å². The highest BCUT2D eigenvalue weighted by molar-refractivity contribution is 7.98. The average molecular weight is 1090 g/mol. The molecule has 8 rings (SSSR count). The number of thiophene rings is 2. The molecule has 8 aromatic rings. The van der Waals surface area contributed by atoms with E-state index >= 15 is 0 Å². The molecule has 0 atom stereocenters. The van der Waals surface area contributed by atoms with Crippen molar-refractivity contribution in [1.82, 2.24) is 23.7 Å². The predicted octanol–water partition coefficient (Wildman–Crippen LogP) is 13.3. The quantitative estimate of drug-likeness (QED) is 0.0334. The largest absolute Gasteiger partial charge is 0.372 e. The van der Waals surface area contributed by atoms with E-state index in [-0.39, 0.29) is 52.4 Å². The summed E-state index contributed by atoms with van der Waals surface area (Å²) in [5.74, 6) is 0.850. The summed E-state index contributed by atoms with van der Waals surface area (Å²) in [5.41, 5.74) is 4.49. The van der Waals surface area contributed by atoms with Gasteiger partial charge in [-0.15, -0.1) is 20.5 Å². The minimum Gasteiger partial charge on any atom is -0.372 e. The Labute approximate surface area is 420 Å². The van der Waals surface area contributed by atoms with Crippen LogP contribution in [-0.2, 0) is 26.0 Å². The summed E-state index contributed by atoms with van der Waals surface area (Å²) in [6.07, 6.45) is 0. The third-order valence-electron chi connectivity index (χ3n) is 9.96. The molecular formula is C40H37Cl2N13O6S7. The van der Waals surface area contributed by atoms with E-state index < -0.39 is 28.7 Å². The number of nitrogens with one attached hydrogen (secondary N) is 2. The maximum Gasteiger partial charge on any atom is 0.305 e. The van der Waals surface area contributed by atoms with Gasteiger partial charge < -0.3 is 20.4 Å². The lowest BCUT2D eigenvalue weighted by molar-refractivity contribution is 0.483. The first kappa shape index (κ1) is 49.4. The zero-order valence-corrected chi connectivity index (χ0v) is 43.2. The molecule has 5 aromatic heterocycles. The standard InChI is InChI=1S/C40H37Cl2N13O6S7/c1-5-54(6-2)22-14-16-24(48-50-32-28-30(41)36(67(56,57)58)63-34(28)52-65-32)26(18-22)43-38-45-39(47-40(46-38)62-20-21-12-10-9-11-13-21)44-27-19-23(55(7-3)8-4)15-17-25(27)49-51-33-29-31(42)37(68(59,60)61)64-35(29)53-66-33/h9-19H,5-8,20H2,1-4H3,(H,56,57,58)(H,59,60,61)(H2,43,44,45,46,47). The molecule has 0 saturated heterocycles. The molecule has 0 amide bonds. The Morgan fingerprint density at radius 3 is 1.49 bits per heavy atom. The second-order valence-electron chi connectivity index (χ2n) is 14.1. The van der Waals surface area contributed by atoms with Crippen LogP contribution in [0.5, 0.6) is 0 Å². The number of hydrogen-bond acceptors (Lipinski definition) is 22. The van der Waals surface area contributed by atoms with Crippen molar-refractivity contribution < 1.29 is 25.9 Å². The monoisotopic (exact) mass is 1090 g/mol. The smallest absolute Gasteiger partial charge is 0.305 e. The topological polar surface area (TPSA) is 253 Å². The summed E-state index contributed by atoms with van der Waals surface area (Å²) in [6, 6.07) is 21.0. The third-order valence-corrected chi connectivity index (χ3v) is 18.6. The molecule has 0 fully saturated rings. The normalized spacial score (nSPS) is 12.3. The Morgan fingerprint density at radius 1 is 0.632 bits per heavy atom. The second-order valence-corrected chi connectivity index (χ2v) is 22.6. The molecule has 68 heavy (non-hydrogen) atoms. The number of rotatable bonds is 19. The fourth-order valence-electron chi connectivity index (χ4n) is 6.68. The van der Waals surface area contributed by atoms with E-state index in [2.05, 4.69) is 49.6 Å².